The molecule has 4 aromatic rings. The van der Waals surface area contributed by atoms with Gasteiger partial charge in [-0.05, 0) is 48.6 Å². The fourth-order valence-corrected chi connectivity index (χ4v) is 4.16. The lowest BCUT2D eigenvalue weighted by atomic mass is 10.1. The SMILES string of the molecule is CNCC[C@H](Oc1cccc2ccccc12)c1cccs1.NC(=O)c1ccccc1C(N)=O. The summed E-state index contributed by atoms with van der Waals surface area (Å²) in [6, 6.07) is 25.0. The molecular weight excluding hydrogens is 434 g/mol. The summed E-state index contributed by atoms with van der Waals surface area (Å²) in [6.45, 7) is 0.938. The van der Waals surface area contributed by atoms with Gasteiger partial charge in [-0.15, -0.1) is 11.3 Å². The van der Waals surface area contributed by atoms with Crippen molar-refractivity contribution >= 4 is 33.9 Å². The number of nitrogens with two attached hydrogens (primary N) is 2. The van der Waals surface area contributed by atoms with Crippen LogP contribution in [-0.2, 0) is 0 Å². The third-order valence-electron chi connectivity index (χ3n) is 4.99. The predicted molar refractivity (Wildman–Crippen MR) is 134 cm³/mol. The molecule has 0 fully saturated rings. The third-order valence-corrected chi connectivity index (χ3v) is 5.96. The first kappa shape index (κ1) is 24.0. The Kier molecular flexibility index (Phi) is 8.57. The van der Waals surface area contributed by atoms with Crippen LogP contribution in [-0.4, -0.2) is 25.4 Å². The van der Waals surface area contributed by atoms with Crippen molar-refractivity contribution in [1.82, 2.24) is 5.32 Å². The Balaban J connectivity index is 0.000000218. The molecular formula is C26H27N3O3S. The van der Waals surface area contributed by atoms with Gasteiger partial charge in [-0.1, -0.05) is 54.6 Å². The highest BCUT2D eigenvalue weighted by molar-refractivity contribution is 7.10. The molecule has 0 bridgehead atoms. The molecule has 2 amide bonds. The van der Waals surface area contributed by atoms with Gasteiger partial charge in [-0.2, -0.15) is 0 Å². The van der Waals surface area contributed by atoms with Gasteiger partial charge in [0.05, 0.1) is 11.1 Å². The Morgan fingerprint density at radius 2 is 1.52 bits per heavy atom. The molecule has 6 nitrogen and oxygen atoms in total. The van der Waals surface area contributed by atoms with Crippen molar-refractivity contribution in [3.05, 3.63) is 100 Å². The van der Waals surface area contributed by atoms with E-state index in [-0.39, 0.29) is 17.2 Å². The van der Waals surface area contributed by atoms with Crippen molar-refractivity contribution in [3.63, 3.8) is 0 Å². The lowest BCUT2D eigenvalue weighted by Gasteiger charge is -2.19. The van der Waals surface area contributed by atoms with Crippen LogP contribution in [0.3, 0.4) is 0 Å². The number of ether oxygens (including phenoxy) is 1. The van der Waals surface area contributed by atoms with E-state index in [1.54, 1.807) is 23.5 Å². The van der Waals surface area contributed by atoms with Crippen molar-refractivity contribution in [2.75, 3.05) is 13.6 Å². The molecule has 0 spiro atoms. The number of nitrogens with one attached hydrogen (secondary N) is 1. The molecule has 5 N–H and O–H groups in total. The zero-order chi connectivity index (χ0) is 23.6. The number of fused-ring (bicyclic) bond motifs is 1. The van der Waals surface area contributed by atoms with Crippen molar-refractivity contribution in [1.29, 1.82) is 0 Å². The van der Waals surface area contributed by atoms with Gasteiger partial charge in [0, 0.05) is 16.7 Å². The highest BCUT2D eigenvalue weighted by atomic mass is 32.1. The van der Waals surface area contributed by atoms with Crippen molar-refractivity contribution < 1.29 is 14.3 Å². The monoisotopic (exact) mass is 461 g/mol. The lowest BCUT2D eigenvalue weighted by Crippen LogP contribution is -2.20. The molecule has 0 unspecified atom stereocenters. The molecule has 0 saturated carbocycles. The van der Waals surface area contributed by atoms with Crippen LogP contribution in [0.25, 0.3) is 10.8 Å². The zero-order valence-corrected chi connectivity index (χ0v) is 19.2. The van der Waals surface area contributed by atoms with E-state index in [9.17, 15) is 9.59 Å². The van der Waals surface area contributed by atoms with Crippen molar-refractivity contribution in [2.45, 2.75) is 12.5 Å². The lowest BCUT2D eigenvalue weighted by molar-refractivity contribution is 0.0967. The Morgan fingerprint density at radius 1 is 0.879 bits per heavy atom. The Morgan fingerprint density at radius 3 is 2.12 bits per heavy atom. The quantitative estimate of drug-likeness (QED) is 0.359. The molecule has 0 aliphatic rings. The van der Waals surface area contributed by atoms with Crippen LogP contribution < -0.4 is 21.5 Å². The molecule has 170 valence electrons. The standard InChI is InChI=1S/C18H19NOS.C8H8N2O2/c1-19-12-11-17(18-10-5-13-21-18)20-16-9-4-7-14-6-2-3-8-15(14)16;9-7(11)5-3-1-2-4-6(5)8(10)12/h2-10,13,17,19H,11-12H2,1H3;1-4H,(H2,9,11)(H2,10,12)/t17-;/m0./s1. The van der Waals surface area contributed by atoms with Crippen LogP contribution in [0.4, 0.5) is 0 Å². The maximum absolute atomic E-state index is 10.7. The zero-order valence-electron chi connectivity index (χ0n) is 18.4. The molecule has 7 heteroatoms. The number of primary amides is 2. The van der Waals surface area contributed by atoms with Gasteiger partial charge in [-0.3, -0.25) is 9.59 Å². The minimum absolute atomic E-state index is 0.100. The van der Waals surface area contributed by atoms with Gasteiger partial charge in [0.15, 0.2) is 0 Å². The van der Waals surface area contributed by atoms with Crippen LogP contribution in [0.1, 0.15) is 38.1 Å². The smallest absolute Gasteiger partial charge is 0.249 e. The number of amides is 2. The highest BCUT2D eigenvalue weighted by Gasteiger charge is 2.15. The van der Waals surface area contributed by atoms with Gasteiger partial charge >= 0.3 is 0 Å². The van der Waals surface area contributed by atoms with E-state index in [1.807, 2.05) is 7.05 Å². The highest BCUT2D eigenvalue weighted by Crippen LogP contribution is 2.32. The number of rotatable bonds is 8. The summed E-state index contributed by atoms with van der Waals surface area (Å²) >= 11 is 1.75. The minimum Gasteiger partial charge on any atom is -0.484 e. The summed E-state index contributed by atoms with van der Waals surface area (Å²) in [5, 5.41) is 7.70. The second kappa shape index (κ2) is 11.8. The van der Waals surface area contributed by atoms with E-state index < -0.39 is 11.8 Å². The fraction of sp³-hybridized carbons (Fsp3) is 0.154. The van der Waals surface area contributed by atoms with Gasteiger partial charge in [0.1, 0.15) is 11.9 Å². The minimum atomic E-state index is -0.649. The summed E-state index contributed by atoms with van der Waals surface area (Å²) < 4.78 is 6.34. The number of thiophene rings is 1. The summed E-state index contributed by atoms with van der Waals surface area (Å²) in [6.07, 6.45) is 1.06. The number of hydrogen-bond donors (Lipinski definition) is 3. The molecule has 1 aromatic heterocycles. The van der Waals surface area contributed by atoms with E-state index in [0.717, 1.165) is 18.7 Å². The molecule has 0 aliphatic carbocycles. The van der Waals surface area contributed by atoms with Gasteiger partial charge in [-0.25, -0.2) is 0 Å². The van der Waals surface area contributed by atoms with E-state index in [1.165, 1.54) is 27.8 Å². The Bertz CT molecular complexity index is 1170. The predicted octanol–water partition coefficient (Wildman–Crippen LogP) is 4.52. The molecule has 1 heterocycles. The third kappa shape index (κ3) is 6.41. The maximum Gasteiger partial charge on any atom is 0.249 e. The molecule has 33 heavy (non-hydrogen) atoms. The summed E-state index contributed by atoms with van der Waals surface area (Å²) in [7, 11) is 1.98. The summed E-state index contributed by atoms with van der Waals surface area (Å²) in [4.78, 5) is 22.8. The van der Waals surface area contributed by atoms with Crippen LogP contribution in [0.5, 0.6) is 5.75 Å². The largest absolute Gasteiger partial charge is 0.484 e. The molecule has 1 atom stereocenters. The van der Waals surface area contributed by atoms with Crippen LogP contribution in [0.15, 0.2) is 84.2 Å². The number of carbonyl (C=O) groups excluding carboxylic acids is 2. The van der Waals surface area contributed by atoms with E-state index in [0.29, 0.717) is 0 Å². The maximum atomic E-state index is 10.7. The van der Waals surface area contributed by atoms with Gasteiger partial charge in [0.25, 0.3) is 0 Å². The molecule has 0 saturated heterocycles. The summed E-state index contributed by atoms with van der Waals surface area (Å²) in [5.74, 6) is -0.337. The molecule has 0 aliphatic heterocycles. The van der Waals surface area contributed by atoms with E-state index >= 15 is 0 Å². The van der Waals surface area contributed by atoms with Gasteiger partial charge < -0.3 is 21.5 Å². The van der Waals surface area contributed by atoms with E-state index in [2.05, 4.69) is 65.3 Å². The number of carbonyl (C=O) groups is 2. The van der Waals surface area contributed by atoms with Crippen LogP contribution >= 0.6 is 11.3 Å². The Hall–Kier alpha value is -3.68. The topological polar surface area (TPSA) is 107 Å². The number of benzene rings is 3. The second-order valence-electron chi connectivity index (χ2n) is 7.27. The molecule has 4 rings (SSSR count). The molecule has 0 radical (unpaired) electrons. The average molecular weight is 462 g/mol. The van der Waals surface area contributed by atoms with Crippen LogP contribution in [0, 0.1) is 0 Å². The first-order valence-corrected chi connectivity index (χ1v) is 11.4. The average Bonchev–Trinajstić information content (AvgIpc) is 3.37. The first-order valence-electron chi connectivity index (χ1n) is 10.5. The fourth-order valence-electron chi connectivity index (χ4n) is 3.37. The van der Waals surface area contributed by atoms with Gasteiger partial charge in [0.2, 0.25) is 11.8 Å². The first-order chi connectivity index (χ1) is 16.0. The Labute approximate surface area is 197 Å². The normalized spacial score (nSPS) is 11.3. The number of hydrogen-bond acceptors (Lipinski definition) is 5. The van der Waals surface area contributed by atoms with Crippen molar-refractivity contribution in [2.24, 2.45) is 11.5 Å². The van der Waals surface area contributed by atoms with Crippen LogP contribution in [0.2, 0.25) is 0 Å². The summed E-state index contributed by atoms with van der Waals surface area (Å²) in [5.41, 5.74) is 10.3. The molecule has 3 aromatic carbocycles. The van der Waals surface area contributed by atoms with E-state index in [4.69, 9.17) is 16.2 Å². The van der Waals surface area contributed by atoms with Crippen molar-refractivity contribution in [3.8, 4) is 5.75 Å². The second-order valence-corrected chi connectivity index (χ2v) is 8.24.